The molecule has 3 aromatic carbocycles. The van der Waals surface area contributed by atoms with Crippen molar-refractivity contribution in [2.24, 2.45) is 5.41 Å². The van der Waals surface area contributed by atoms with Crippen molar-refractivity contribution in [2.45, 2.75) is 64.6 Å². The van der Waals surface area contributed by atoms with Crippen LogP contribution in [-0.4, -0.2) is 13.1 Å². The van der Waals surface area contributed by atoms with E-state index in [1.54, 1.807) is 7.11 Å². The summed E-state index contributed by atoms with van der Waals surface area (Å²) in [5.74, 6) is -0.333. The van der Waals surface area contributed by atoms with E-state index in [-0.39, 0.29) is 17.5 Å². The molecule has 0 heterocycles. The molecule has 1 aliphatic rings. The topological polar surface area (TPSA) is 35.5 Å². The molecule has 0 saturated heterocycles. The number of rotatable bonds is 7. The Balaban J connectivity index is 1.74. The molecule has 168 valence electrons. The highest BCUT2D eigenvalue weighted by atomic mass is 16.6. The predicted octanol–water partition coefficient (Wildman–Crippen LogP) is 7.13. The number of hydrogen-bond donors (Lipinski definition) is 0. The summed E-state index contributed by atoms with van der Waals surface area (Å²) in [6.07, 6.45) is 5.04. The van der Waals surface area contributed by atoms with Crippen molar-refractivity contribution in [1.29, 1.82) is 0 Å². The Labute approximate surface area is 191 Å². The number of carbonyl (C=O) groups is 1. The first kappa shape index (κ1) is 22.5. The number of carbonyl (C=O) groups excluding carboxylic acids is 1. The molecule has 4 rings (SSSR count). The van der Waals surface area contributed by atoms with Gasteiger partial charge in [0.25, 0.3) is 0 Å². The molecule has 32 heavy (non-hydrogen) atoms. The lowest BCUT2D eigenvalue weighted by molar-refractivity contribution is -0.183. The van der Waals surface area contributed by atoms with Gasteiger partial charge in [-0.15, -0.1) is 0 Å². The van der Waals surface area contributed by atoms with Crippen LogP contribution in [0.3, 0.4) is 0 Å². The fraction of sp³-hybridized carbons (Fsp3) is 0.414. The number of methoxy groups -OCH3 is 1. The van der Waals surface area contributed by atoms with Gasteiger partial charge >= 0.3 is 5.97 Å². The summed E-state index contributed by atoms with van der Waals surface area (Å²) in [7, 11) is 1.59. The molecule has 0 N–H and O–H groups in total. The third kappa shape index (κ3) is 3.95. The van der Waals surface area contributed by atoms with E-state index in [0.717, 1.165) is 54.0 Å². The minimum absolute atomic E-state index is 0.0899. The molecule has 3 atom stereocenters. The first-order chi connectivity index (χ1) is 15.4. The zero-order valence-corrected chi connectivity index (χ0v) is 19.7. The summed E-state index contributed by atoms with van der Waals surface area (Å²) in [5, 5.41) is 2.09. The summed E-state index contributed by atoms with van der Waals surface area (Å²) in [4.78, 5) is 13.8. The Kier molecular flexibility index (Phi) is 6.39. The second kappa shape index (κ2) is 9.07. The van der Waals surface area contributed by atoms with Gasteiger partial charge in [0.15, 0.2) is 5.60 Å². The molecule has 0 unspecified atom stereocenters. The van der Waals surface area contributed by atoms with Crippen molar-refractivity contribution in [3.63, 3.8) is 0 Å². The SMILES string of the molecule is CCCC[C@@]1(C)CCc2ccccc2[C@H]1OC(=O)[C@@](C)(OC)c1cccc2ccccc12. The zero-order chi connectivity index (χ0) is 22.8. The molecular formula is C29H34O3. The van der Waals surface area contributed by atoms with E-state index in [9.17, 15) is 4.79 Å². The molecule has 0 aliphatic heterocycles. The van der Waals surface area contributed by atoms with Crippen LogP contribution in [0.4, 0.5) is 0 Å². The molecule has 0 spiro atoms. The van der Waals surface area contributed by atoms with Crippen LogP contribution < -0.4 is 0 Å². The van der Waals surface area contributed by atoms with E-state index in [1.165, 1.54) is 5.56 Å². The van der Waals surface area contributed by atoms with Gasteiger partial charge in [-0.25, -0.2) is 4.79 Å². The van der Waals surface area contributed by atoms with Crippen molar-refractivity contribution < 1.29 is 14.3 Å². The first-order valence-electron chi connectivity index (χ1n) is 11.8. The normalized spacial score (nSPS) is 22.2. The van der Waals surface area contributed by atoms with E-state index < -0.39 is 5.60 Å². The van der Waals surface area contributed by atoms with Gasteiger partial charge in [-0.2, -0.15) is 0 Å². The Morgan fingerprint density at radius 1 is 1.06 bits per heavy atom. The predicted molar refractivity (Wildman–Crippen MR) is 130 cm³/mol. The van der Waals surface area contributed by atoms with Crippen LogP contribution in [0.2, 0.25) is 0 Å². The zero-order valence-electron chi connectivity index (χ0n) is 19.7. The molecule has 0 amide bonds. The molecule has 0 radical (unpaired) electrons. The average Bonchev–Trinajstić information content (AvgIpc) is 2.83. The summed E-state index contributed by atoms with van der Waals surface area (Å²) < 4.78 is 12.3. The van der Waals surface area contributed by atoms with Gasteiger partial charge in [0, 0.05) is 18.1 Å². The number of ether oxygens (including phenoxy) is 2. The lowest BCUT2D eigenvalue weighted by atomic mass is 9.68. The van der Waals surface area contributed by atoms with E-state index in [2.05, 4.69) is 44.2 Å². The van der Waals surface area contributed by atoms with E-state index in [4.69, 9.17) is 9.47 Å². The van der Waals surface area contributed by atoms with E-state index >= 15 is 0 Å². The maximum atomic E-state index is 13.8. The number of fused-ring (bicyclic) bond motifs is 2. The van der Waals surface area contributed by atoms with Crippen LogP contribution in [0.5, 0.6) is 0 Å². The molecular weight excluding hydrogens is 396 g/mol. The monoisotopic (exact) mass is 430 g/mol. The molecule has 0 fully saturated rings. The van der Waals surface area contributed by atoms with Gasteiger partial charge in [0.2, 0.25) is 0 Å². The summed E-state index contributed by atoms with van der Waals surface area (Å²) in [5.41, 5.74) is 1.97. The molecule has 0 saturated carbocycles. The molecule has 1 aliphatic carbocycles. The van der Waals surface area contributed by atoms with Crippen molar-refractivity contribution in [1.82, 2.24) is 0 Å². The molecule has 3 nitrogen and oxygen atoms in total. The maximum Gasteiger partial charge on any atom is 0.343 e. The van der Waals surface area contributed by atoms with Crippen LogP contribution in [0.1, 0.15) is 69.2 Å². The Hall–Kier alpha value is -2.65. The van der Waals surface area contributed by atoms with E-state index in [1.807, 2.05) is 43.3 Å². The molecule has 0 aromatic heterocycles. The van der Waals surface area contributed by atoms with Crippen molar-refractivity contribution in [3.05, 3.63) is 83.4 Å². The highest BCUT2D eigenvalue weighted by molar-refractivity contribution is 5.92. The van der Waals surface area contributed by atoms with Gasteiger partial charge in [0.05, 0.1) is 0 Å². The van der Waals surface area contributed by atoms with Crippen molar-refractivity contribution >= 4 is 16.7 Å². The van der Waals surface area contributed by atoms with Crippen molar-refractivity contribution in [2.75, 3.05) is 7.11 Å². The largest absolute Gasteiger partial charge is 0.455 e. The Morgan fingerprint density at radius 2 is 1.78 bits per heavy atom. The van der Waals surface area contributed by atoms with Crippen LogP contribution in [0.25, 0.3) is 10.8 Å². The average molecular weight is 431 g/mol. The second-order valence-electron chi connectivity index (χ2n) is 9.51. The maximum absolute atomic E-state index is 13.8. The van der Waals surface area contributed by atoms with Crippen LogP contribution in [0.15, 0.2) is 66.7 Å². The van der Waals surface area contributed by atoms with Gasteiger partial charge in [-0.05, 0) is 48.1 Å². The Morgan fingerprint density at radius 3 is 2.56 bits per heavy atom. The van der Waals surface area contributed by atoms with Crippen LogP contribution in [-0.2, 0) is 26.3 Å². The number of aryl methyl sites for hydroxylation is 1. The van der Waals surface area contributed by atoms with Gasteiger partial charge in [-0.1, -0.05) is 93.4 Å². The molecule has 0 bridgehead atoms. The number of esters is 1. The van der Waals surface area contributed by atoms with Gasteiger partial charge < -0.3 is 9.47 Å². The Bertz CT molecular complexity index is 1100. The van der Waals surface area contributed by atoms with Gasteiger partial charge in [0.1, 0.15) is 6.10 Å². The lowest BCUT2D eigenvalue weighted by Crippen LogP contribution is -2.41. The fourth-order valence-corrected chi connectivity index (χ4v) is 5.15. The van der Waals surface area contributed by atoms with Crippen molar-refractivity contribution in [3.8, 4) is 0 Å². The van der Waals surface area contributed by atoms with E-state index in [0.29, 0.717) is 0 Å². The third-order valence-electron chi connectivity index (χ3n) is 7.36. The van der Waals surface area contributed by atoms with Crippen LogP contribution in [0, 0.1) is 5.41 Å². The van der Waals surface area contributed by atoms with Gasteiger partial charge in [-0.3, -0.25) is 0 Å². The number of hydrogen-bond acceptors (Lipinski definition) is 3. The summed E-state index contributed by atoms with van der Waals surface area (Å²) >= 11 is 0. The summed E-state index contributed by atoms with van der Waals surface area (Å²) in [6, 6.07) is 22.5. The number of benzene rings is 3. The first-order valence-corrected chi connectivity index (χ1v) is 11.8. The number of unbranched alkanes of at least 4 members (excludes halogenated alkanes) is 1. The minimum atomic E-state index is -1.20. The highest BCUT2D eigenvalue weighted by Crippen LogP contribution is 2.50. The molecule has 3 heteroatoms. The van der Waals surface area contributed by atoms with Crippen LogP contribution >= 0.6 is 0 Å². The highest BCUT2D eigenvalue weighted by Gasteiger charge is 2.46. The third-order valence-corrected chi connectivity index (χ3v) is 7.36. The smallest absolute Gasteiger partial charge is 0.343 e. The lowest BCUT2D eigenvalue weighted by Gasteiger charge is -2.43. The minimum Gasteiger partial charge on any atom is -0.455 e. The second-order valence-corrected chi connectivity index (χ2v) is 9.51. The fourth-order valence-electron chi connectivity index (χ4n) is 5.15. The molecule has 3 aromatic rings. The standard InChI is InChI=1S/C29H34O3/c1-5-6-19-28(2)20-18-22-13-8-10-16-24(22)26(28)32-27(30)29(3,31-4)25-17-11-14-21-12-7-9-15-23(21)25/h7-17,26H,5-6,18-20H2,1-4H3/t26-,28+,29+/m1/s1. The quantitative estimate of drug-likeness (QED) is 0.374. The summed E-state index contributed by atoms with van der Waals surface area (Å²) in [6.45, 7) is 6.32.